The van der Waals surface area contributed by atoms with Crippen LogP contribution in [-0.2, 0) is 9.13 Å². The SMILES string of the molecule is O=P(Oc1ccccc1)(Oc1ccccc1)Oc1ccccc1OP(=O)(Oc1ccccc1)Oc1ccccc1. The zero-order chi connectivity index (χ0) is 27.7. The lowest BCUT2D eigenvalue weighted by Gasteiger charge is -2.23. The van der Waals surface area contributed by atoms with Gasteiger partial charge in [-0.3, -0.25) is 0 Å². The number of phosphoric acid groups is 2. The maximum atomic E-state index is 14.0. The first-order valence-corrected chi connectivity index (χ1v) is 15.1. The van der Waals surface area contributed by atoms with Gasteiger partial charge in [0.25, 0.3) is 0 Å². The van der Waals surface area contributed by atoms with Crippen molar-refractivity contribution in [1.82, 2.24) is 0 Å². The lowest BCUT2D eigenvalue weighted by atomic mass is 10.3. The molecular weight excluding hydrogens is 550 g/mol. The molecule has 0 aromatic heterocycles. The van der Waals surface area contributed by atoms with Crippen LogP contribution in [0.1, 0.15) is 0 Å². The molecular formula is C30H24O8P2. The molecule has 0 aliphatic rings. The van der Waals surface area contributed by atoms with E-state index < -0.39 is 15.6 Å². The Morgan fingerprint density at radius 3 is 0.775 bits per heavy atom. The summed E-state index contributed by atoms with van der Waals surface area (Å²) in [4.78, 5) is 0. The molecule has 5 aromatic rings. The fourth-order valence-electron chi connectivity index (χ4n) is 3.40. The molecule has 5 rings (SSSR count). The number of hydrogen-bond donors (Lipinski definition) is 0. The highest BCUT2D eigenvalue weighted by Gasteiger charge is 2.38. The van der Waals surface area contributed by atoms with E-state index in [1.54, 1.807) is 133 Å². The zero-order valence-electron chi connectivity index (χ0n) is 21.0. The molecule has 0 aliphatic heterocycles. The minimum absolute atomic E-state index is 0.0776. The smallest absolute Gasteiger partial charge is 0.386 e. The molecule has 202 valence electrons. The predicted molar refractivity (Wildman–Crippen MR) is 151 cm³/mol. The van der Waals surface area contributed by atoms with Crippen molar-refractivity contribution in [3.8, 4) is 34.5 Å². The highest BCUT2D eigenvalue weighted by atomic mass is 31.2. The van der Waals surface area contributed by atoms with E-state index >= 15 is 0 Å². The first-order valence-electron chi connectivity index (χ1n) is 12.2. The molecule has 0 spiro atoms. The highest BCUT2D eigenvalue weighted by Crippen LogP contribution is 2.55. The molecule has 5 aromatic carbocycles. The van der Waals surface area contributed by atoms with Crippen LogP contribution < -0.4 is 27.1 Å². The van der Waals surface area contributed by atoms with E-state index in [0.717, 1.165) is 0 Å². The van der Waals surface area contributed by atoms with Gasteiger partial charge in [-0.1, -0.05) is 84.9 Å². The van der Waals surface area contributed by atoms with Gasteiger partial charge in [0.15, 0.2) is 11.5 Å². The van der Waals surface area contributed by atoms with Gasteiger partial charge in [-0.05, 0) is 60.7 Å². The summed E-state index contributed by atoms with van der Waals surface area (Å²) >= 11 is 0. The Kier molecular flexibility index (Phi) is 8.41. The maximum absolute atomic E-state index is 14.0. The second-order valence-electron chi connectivity index (χ2n) is 8.14. The number of phosphoric ester groups is 2. The number of para-hydroxylation sites is 6. The largest absolute Gasteiger partial charge is 0.647 e. The van der Waals surface area contributed by atoms with Gasteiger partial charge < -0.3 is 27.1 Å². The maximum Gasteiger partial charge on any atom is 0.647 e. The summed E-state index contributed by atoms with van der Waals surface area (Å²) in [5.41, 5.74) is 0. The van der Waals surface area contributed by atoms with Crippen LogP contribution in [0.4, 0.5) is 0 Å². The van der Waals surface area contributed by atoms with E-state index in [9.17, 15) is 9.13 Å². The summed E-state index contributed by atoms with van der Waals surface area (Å²) in [6.07, 6.45) is 0. The molecule has 0 bridgehead atoms. The summed E-state index contributed by atoms with van der Waals surface area (Å²) < 4.78 is 62.5. The normalized spacial score (nSPS) is 11.2. The van der Waals surface area contributed by atoms with Crippen LogP contribution in [0.5, 0.6) is 34.5 Å². The second-order valence-corrected chi connectivity index (χ2v) is 11.0. The molecule has 0 radical (unpaired) electrons. The molecule has 40 heavy (non-hydrogen) atoms. The molecule has 0 atom stereocenters. The van der Waals surface area contributed by atoms with Gasteiger partial charge >= 0.3 is 15.6 Å². The van der Waals surface area contributed by atoms with Gasteiger partial charge in [-0.2, -0.15) is 9.13 Å². The summed E-state index contributed by atoms with van der Waals surface area (Å²) in [6, 6.07) is 40.0. The van der Waals surface area contributed by atoms with Crippen molar-refractivity contribution in [2.24, 2.45) is 0 Å². The van der Waals surface area contributed by atoms with Gasteiger partial charge in [0.2, 0.25) is 0 Å². The molecule has 0 aliphatic carbocycles. The molecule has 8 nitrogen and oxygen atoms in total. The van der Waals surface area contributed by atoms with Crippen LogP contribution in [0.3, 0.4) is 0 Å². The average Bonchev–Trinajstić information content (AvgIpc) is 2.96. The van der Waals surface area contributed by atoms with Gasteiger partial charge in [-0.25, -0.2) is 0 Å². The summed E-state index contributed by atoms with van der Waals surface area (Å²) in [6.45, 7) is 0. The average molecular weight is 574 g/mol. The Morgan fingerprint density at radius 1 is 0.300 bits per heavy atom. The monoisotopic (exact) mass is 574 g/mol. The molecule has 0 N–H and O–H groups in total. The van der Waals surface area contributed by atoms with E-state index in [0.29, 0.717) is 0 Å². The van der Waals surface area contributed by atoms with E-state index in [2.05, 4.69) is 0 Å². The van der Waals surface area contributed by atoms with Crippen molar-refractivity contribution in [3.63, 3.8) is 0 Å². The van der Waals surface area contributed by atoms with E-state index in [1.807, 2.05) is 0 Å². The first-order chi connectivity index (χ1) is 19.5. The Morgan fingerprint density at radius 2 is 0.525 bits per heavy atom. The molecule has 0 unspecified atom stereocenters. The summed E-state index contributed by atoms with van der Waals surface area (Å²) in [7, 11) is -8.72. The van der Waals surface area contributed by atoms with Crippen molar-refractivity contribution in [1.29, 1.82) is 0 Å². The van der Waals surface area contributed by atoms with E-state index in [4.69, 9.17) is 27.1 Å². The Bertz CT molecular complexity index is 1390. The van der Waals surface area contributed by atoms with E-state index in [1.165, 1.54) is 12.1 Å². The summed E-state index contributed by atoms with van der Waals surface area (Å²) in [5, 5.41) is 0. The Balaban J connectivity index is 1.47. The van der Waals surface area contributed by atoms with Crippen molar-refractivity contribution < 1.29 is 36.3 Å². The van der Waals surface area contributed by atoms with Crippen LogP contribution in [0.15, 0.2) is 146 Å². The van der Waals surface area contributed by atoms with Crippen LogP contribution in [0.2, 0.25) is 0 Å². The topological polar surface area (TPSA) is 89.5 Å². The van der Waals surface area contributed by atoms with Gasteiger partial charge in [-0.15, -0.1) is 0 Å². The van der Waals surface area contributed by atoms with Crippen LogP contribution in [0.25, 0.3) is 0 Å². The quantitative estimate of drug-likeness (QED) is 0.136. The highest BCUT2D eigenvalue weighted by molar-refractivity contribution is 7.50. The van der Waals surface area contributed by atoms with E-state index in [-0.39, 0.29) is 34.5 Å². The molecule has 0 amide bonds. The minimum Gasteiger partial charge on any atom is -0.386 e. The Labute approximate surface area is 231 Å². The third kappa shape index (κ3) is 7.48. The number of rotatable bonds is 12. The third-order valence-electron chi connectivity index (χ3n) is 5.11. The zero-order valence-corrected chi connectivity index (χ0v) is 22.8. The fourth-order valence-corrected chi connectivity index (χ4v) is 5.92. The van der Waals surface area contributed by atoms with Crippen molar-refractivity contribution >= 4 is 15.6 Å². The minimum atomic E-state index is -4.36. The molecule has 0 saturated carbocycles. The molecule has 0 fully saturated rings. The molecule has 10 heteroatoms. The summed E-state index contributed by atoms with van der Waals surface area (Å²) in [5.74, 6) is 0.866. The Hall–Kier alpha value is -4.64. The van der Waals surface area contributed by atoms with Crippen molar-refractivity contribution in [3.05, 3.63) is 146 Å². The van der Waals surface area contributed by atoms with Gasteiger partial charge in [0, 0.05) is 0 Å². The van der Waals surface area contributed by atoms with Crippen LogP contribution in [0, 0.1) is 0 Å². The van der Waals surface area contributed by atoms with Gasteiger partial charge in [0.05, 0.1) is 0 Å². The standard InChI is InChI=1S/C30H24O8P2/c31-39(33-25-15-5-1-6-16-25,34-26-17-7-2-8-18-26)37-29-23-13-14-24-30(29)38-40(32,35-27-19-9-3-10-20-27)36-28-21-11-4-12-22-28/h1-24H. The lowest BCUT2D eigenvalue weighted by Crippen LogP contribution is -2.10. The second kappa shape index (κ2) is 12.5. The number of benzene rings is 5. The lowest BCUT2D eigenvalue weighted by molar-refractivity contribution is 0.279. The van der Waals surface area contributed by atoms with Crippen molar-refractivity contribution in [2.75, 3.05) is 0 Å². The van der Waals surface area contributed by atoms with Crippen molar-refractivity contribution in [2.45, 2.75) is 0 Å². The van der Waals surface area contributed by atoms with Gasteiger partial charge in [0.1, 0.15) is 23.0 Å². The first kappa shape index (κ1) is 26.9. The fraction of sp³-hybridized carbons (Fsp3) is 0. The molecule has 0 saturated heterocycles. The number of hydrogen-bond acceptors (Lipinski definition) is 8. The van der Waals surface area contributed by atoms with Crippen LogP contribution in [-0.4, -0.2) is 0 Å². The molecule has 0 heterocycles. The predicted octanol–water partition coefficient (Wildman–Crippen LogP) is 8.98. The third-order valence-corrected chi connectivity index (χ3v) is 7.69. The van der Waals surface area contributed by atoms with Crippen LogP contribution >= 0.6 is 15.6 Å².